The molecule has 0 saturated carbocycles. The number of thioether (sulfide) groups is 1. The Balaban J connectivity index is 1.78. The summed E-state index contributed by atoms with van der Waals surface area (Å²) in [7, 11) is 0. The molecule has 0 spiro atoms. The van der Waals surface area contributed by atoms with Gasteiger partial charge in [0.25, 0.3) is 0 Å². The Kier molecular flexibility index (Phi) is 3.33. The third-order valence-corrected chi connectivity index (χ3v) is 5.27. The van der Waals surface area contributed by atoms with E-state index in [0.717, 1.165) is 18.7 Å². The monoisotopic (exact) mass is 266 g/mol. The first-order valence-corrected chi connectivity index (χ1v) is 7.69. The molecule has 2 unspecified atom stereocenters. The molecule has 2 atom stereocenters. The molecule has 98 valence electrons. The van der Waals surface area contributed by atoms with E-state index in [4.69, 9.17) is 10.1 Å². The van der Waals surface area contributed by atoms with Gasteiger partial charge in [-0.3, -0.25) is 4.79 Å². The predicted molar refractivity (Wildman–Crippen MR) is 70.7 cm³/mol. The second-order valence-corrected chi connectivity index (χ2v) is 6.47. The molecule has 2 aliphatic heterocycles. The first-order valence-electron chi connectivity index (χ1n) is 6.64. The van der Waals surface area contributed by atoms with Crippen LogP contribution < -0.4 is 0 Å². The predicted octanol–water partition coefficient (Wildman–Crippen LogP) is 2.49. The summed E-state index contributed by atoms with van der Waals surface area (Å²) >= 11 is 1.99. The van der Waals surface area contributed by atoms with Gasteiger partial charge in [-0.05, 0) is 25.0 Å². The van der Waals surface area contributed by atoms with Gasteiger partial charge in [-0.1, -0.05) is 6.42 Å². The molecular formula is C13H18N2O2S. The molecule has 1 saturated heterocycles. The molecule has 0 aromatic carbocycles. The number of fused-ring (bicyclic) bond motifs is 1. The average Bonchev–Trinajstić information content (AvgIpc) is 2.82. The molecule has 1 aromatic heterocycles. The molecule has 1 fully saturated rings. The molecule has 2 aliphatic rings. The summed E-state index contributed by atoms with van der Waals surface area (Å²) in [5, 5.41) is 9.61. The van der Waals surface area contributed by atoms with Crippen molar-refractivity contribution in [3.05, 3.63) is 17.7 Å². The quantitative estimate of drug-likeness (QED) is 0.893. The fraction of sp³-hybridized carbons (Fsp3) is 0.692. The lowest BCUT2D eigenvalue weighted by Gasteiger charge is -2.19. The largest absolute Gasteiger partial charge is 0.481 e. The third-order valence-electron chi connectivity index (χ3n) is 3.87. The van der Waals surface area contributed by atoms with E-state index in [0.29, 0.717) is 11.8 Å². The normalized spacial score (nSPS) is 27.8. The minimum Gasteiger partial charge on any atom is -0.481 e. The van der Waals surface area contributed by atoms with Crippen LogP contribution in [0, 0.1) is 5.92 Å². The molecule has 0 aliphatic carbocycles. The highest BCUT2D eigenvalue weighted by Crippen LogP contribution is 2.38. The number of hydrogen-bond acceptors (Lipinski definition) is 3. The van der Waals surface area contributed by atoms with Crippen LogP contribution in [0.1, 0.15) is 42.5 Å². The van der Waals surface area contributed by atoms with Crippen molar-refractivity contribution in [1.29, 1.82) is 0 Å². The van der Waals surface area contributed by atoms with Crippen molar-refractivity contribution >= 4 is 17.7 Å². The Morgan fingerprint density at radius 3 is 3.06 bits per heavy atom. The van der Waals surface area contributed by atoms with Crippen LogP contribution >= 0.6 is 11.8 Å². The van der Waals surface area contributed by atoms with Crippen molar-refractivity contribution in [2.24, 2.45) is 5.92 Å². The van der Waals surface area contributed by atoms with Gasteiger partial charge in [-0.2, -0.15) is 11.8 Å². The summed E-state index contributed by atoms with van der Waals surface area (Å²) in [5.41, 5.74) is 1.17. The fourth-order valence-electron chi connectivity index (χ4n) is 2.80. The highest BCUT2D eigenvalue weighted by molar-refractivity contribution is 7.99. The summed E-state index contributed by atoms with van der Waals surface area (Å²) in [6.07, 6.45) is 7.43. The van der Waals surface area contributed by atoms with Crippen molar-refractivity contribution in [2.75, 3.05) is 5.75 Å². The molecule has 0 amide bonds. The van der Waals surface area contributed by atoms with Crippen molar-refractivity contribution in [2.45, 2.75) is 43.9 Å². The molecule has 4 nitrogen and oxygen atoms in total. The van der Waals surface area contributed by atoms with Crippen LogP contribution in [-0.4, -0.2) is 26.4 Å². The minimum atomic E-state index is -0.678. The molecule has 18 heavy (non-hydrogen) atoms. The van der Waals surface area contributed by atoms with Gasteiger partial charge in [-0.25, -0.2) is 4.98 Å². The maximum absolute atomic E-state index is 11.0. The van der Waals surface area contributed by atoms with E-state index in [1.165, 1.54) is 30.7 Å². The number of carboxylic acid groups (broad SMARTS) is 1. The number of carboxylic acids is 1. The first-order chi connectivity index (χ1) is 8.74. The van der Waals surface area contributed by atoms with E-state index in [2.05, 4.69) is 10.8 Å². The molecule has 0 radical (unpaired) electrons. The van der Waals surface area contributed by atoms with Crippen LogP contribution in [0.4, 0.5) is 0 Å². The molecule has 3 rings (SSSR count). The Morgan fingerprint density at radius 1 is 1.44 bits per heavy atom. The van der Waals surface area contributed by atoms with Crippen LogP contribution in [0.15, 0.2) is 6.20 Å². The number of imidazole rings is 1. The van der Waals surface area contributed by atoms with Crippen molar-refractivity contribution in [3.8, 4) is 0 Å². The van der Waals surface area contributed by atoms with E-state index >= 15 is 0 Å². The van der Waals surface area contributed by atoms with Gasteiger partial charge in [-0.15, -0.1) is 0 Å². The summed E-state index contributed by atoms with van der Waals surface area (Å²) in [6.45, 7) is 0.592. The topological polar surface area (TPSA) is 55.1 Å². The van der Waals surface area contributed by atoms with Crippen LogP contribution in [-0.2, 0) is 17.8 Å². The van der Waals surface area contributed by atoms with Crippen LogP contribution in [0.5, 0.6) is 0 Å². The Morgan fingerprint density at radius 2 is 2.33 bits per heavy atom. The number of aliphatic carboxylic acids is 1. The number of nitrogens with zero attached hydrogens (tertiary/aromatic N) is 2. The van der Waals surface area contributed by atoms with E-state index in [1.54, 1.807) is 0 Å². The summed E-state index contributed by atoms with van der Waals surface area (Å²) in [6, 6.07) is 0. The van der Waals surface area contributed by atoms with Crippen molar-refractivity contribution < 1.29 is 9.90 Å². The lowest BCUT2D eigenvalue weighted by Crippen LogP contribution is -2.26. The molecule has 3 heterocycles. The maximum Gasteiger partial charge on any atom is 0.308 e. The van der Waals surface area contributed by atoms with E-state index < -0.39 is 5.97 Å². The van der Waals surface area contributed by atoms with Gasteiger partial charge in [0.15, 0.2) is 0 Å². The van der Waals surface area contributed by atoms with Gasteiger partial charge in [0.2, 0.25) is 0 Å². The molecule has 1 aromatic rings. The second-order valence-electron chi connectivity index (χ2n) is 5.16. The minimum absolute atomic E-state index is 0.237. The second kappa shape index (κ2) is 4.96. The zero-order valence-electron chi connectivity index (χ0n) is 10.3. The number of rotatable bonds is 2. The zero-order valence-corrected chi connectivity index (χ0v) is 11.2. The standard InChI is InChI=1S/C13H18N2O2S/c16-13(17)9-4-5-12-14-10(8-15(12)7-9)11-3-1-2-6-18-11/h8-9,11H,1-7H2,(H,16,17). The lowest BCUT2D eigenvalue weighted by atomic mass is 10.00. The Bertz CT molecular complexity index is 452. The lowest BCUT2D eigenvalue weighted by molar-refractivity contribution is -0.142. The number of aryl methyl sites for hydroxylation is 1. The molecule has 0 bridgehead atoms. The number of aromatic nitrogens is 2. The van der Waals surface area contributed by atoms with Crippen LogP contribution in [0.3, 0.4) is 0 Å². The van der Waals surface area contributed by atoms with Crippen molar-refractivity contribution in [1.82, 2.24) is 9.55 Å². The molecular weight excluding hydrogens is 248 g/mol. The maximum atomic E-state index is 11.0. The molecule has 1 N–H and O–H groups in total. The smallest absolute Gasteiger partial charge is 0.308 e. The SMILES string of the molecule is O=C(O)C1CCc2nc(C3CCCCS3)cn2C1. The van der Waals surface area contributed by atoms with Gasteiger partial charge in [0.05, 0.1) is 11.6 Å². The third kappa shape index (κ3) is 2.28. The van der Waals surface area contributed by atoms with E-state index in [1.807, 2.05) is 11.8 Å². The zero-order chi connectivity index (χ0) is 12.5. The van der Waals surface area contributed by atoms with Gasteiger partial charge in [0, 0.05) is 24.4 Å². The van der Waals surface area contributed by atoms with E-state index in [-0.39, 0.29) is 5.92 Å². The first kappa shape index (κ1) is 12.1. The fourth-order valence-corrected chi connectivity index (χ4v) is 4.07. The van der Waals surface area contributed by atoms with Crippen LogP contribution in [0.2, 0.25) is 0 Å². The van der Waals surface area contributed by atoms with Crippen LogP contribution in [0.25, 0.3) is 0 Å². The summed E-state index contributed by atoms with van der Waals surface area (Å²) < 4.78 is 2.06. The number of carbonyl (C=O) groups is 1. The average molecular weight is 266 g/mol. The van der Waals surface area contributed by atoms with Gasteiger partial charge < -0.3 is 9.67 Å². The molecule has 5 heteroatoms. The Labute approximate surface area is 111 Å². The summed E-state index contributed by atoms with van der Waals surface area (Å²) in [5.74, 6) is 1.39. The summed E-state index contributed by atoms with van der Waals surface area (Å²) in [4.78, 5) is 15.8. The highest BCUT2D eigenvalue weighted by atomic mass is 32.2. The number of hydrogen-bond donors (Lipinski definition) is 1. The van der Waals surface area contributed by atoms with Gasteiger partial charge >= 0.3 is 5.97 Å². The van der Waals surface area contributed by atoms with Crippen molar-refractivity contribution in [3.63, 3.8) is 0 Å². The van der Waals surface area contributed by atoms with Gasteiger partial charge in [0.1, 0.15) is 5.82 Å². The Hall–Kier alpha value is -0.970. The highest BCUT2D eigenvalue weighted by Gasteiger charge is 2.27. The van der Waals surface area contributed by atoms with E-state index in [9.17, 15) is 4.79 Å².